The van der Waals surface area contributed by atoms with Gasteiger partial charge in [-0.05, 0) is 31.4 Å². The number of carbonyl (C=O) groups excluding carboxylic acids is 1. The van der Waals surface area contributed by atoms with E-state index < -0.39 is 0 Å². The lowest BCUT2D eigenvalue weighted by molar-refractivity contribution is -0.114. The standard InChI is InChI=1S/C15H19BO2/c1-5-6-11(17)8-13-12(9(2)3)7-10(4)14(16)15(13)18/h5-7,9,18H,8H2,1-4H3/b6-5-/i7D. The Balaban J connectivity index is 3.48. The van der Waals surface area contributed by atoms with Gasteiger partial charge in [-0.3, -0.25) is 4.79 Å². The predicted octanol–water partition coefficient (Wildman–Crippen LogP) is 2.31. The molecule has 0 saturated heterocycles. The highest BCUT2D eigenvalue weighted by molar-refractivity contribution is 6.35. The quantitative estimate of drug-likeness (QED) is 0.650. The Bertz CT molecular complexity index is 534. The van der Waals surface area contributed by atoms with E-state index in [0.29, 0.717) is 22.7 Å². The third kappa shape index (κ3) is 3.03. The van der Waals surface area contributed by atoms with Crippen LogP contribution < -0.4 is 5.46 Å². The Labute approximate surface area is 112 Å². The number of hydrogen-bond acceptors (Lipinski definition) is 2. The molecule has 0 heterocycles. The van der Waals surface area contributed by atoms with Crippen molar-refractivity contribution in [2.75, 3.05) is 0 Å². The molecule has 3 heteroatoms. The molecule has 1 aromatic carbocycles. The molecule has 18 heavy (non-hydrogen) atoms. The zero-order valence-electron chi connectivity index (χ0n) is 12.4. The van der Waals surface area contributed by atoms with Crippen LogP contribution in [-0.2, 0) is 11.2 Å². The zero-order valence-corrected chi connectivity index (χ0v) is 11.4. The van der Waals surface area contributed by atoms with Crippen molar-refractivity contribution < 1.29 is 11.3 Å². The van der Waals surface area contributed by atoms with Crippen molar-refractivity contribution >= 4 is 19.1 Å². The summed E-state index contributed by atoms with van der Waals surface area (Å²) in [4.78, 5) is 11.7. The number of aromatic hydroxyl groups is 1. The number of ketones is 1. The Kier molecular flexibility index (Phi) is 4.24. The van der Waals surface area contributed by atoms with Crippen LogP contribution in [0.5, 0.6) is 5.75 Å². The molecular formula is C15H19BO2. The summed E-state index contributed by atoms with van der Waals surface area (Å²) in [5.74, 6) is -0.122. The normalized spacial score (nSPS) is 12.2. The Morgan fingerprint density at radius 1 is 1.61 bits per heavy atom. The fraction of sp³-hybridized carbons (Fsp3) is 0.400. The molecule has 1 aromatic rings. The maximum atomic E-state index is 11.7. The van der Waals surface area contributed by atoms with Crippen molar-refractivity contribution in [1.82, 2.24) is 0 Å². The first kappa shape index (κ1) is 12.9. The van der Waals surface area contributed by atoms with E-state index in [0.717, 1.165) is 0 Å². The smallest absolute Gasteiger partial charge is 0.159 e. The second-order valence-corrected chi connectivity index (χ2v) is 4.70. The maximum absolute atomic E-state index is 11.7. The molecule has 94 valence electrons. The van der Waals surface area contributed by atoms with E-state index in [-0.39, 0.29) is 29.3 Å². The van der Waals surface area contributed by atoms with Crippen molar-refractivity contribution in [2.24, 2.45) is 0 Å². The monoisotopic (exact) mass is 243 g/mol. The summed E-state index contributed by atoms with van der Waals surface area (Å²) in [7, 11) is 5.80. The van der Waals surface area contributed by atoms with Crippen LogP contribution in [0.1, 0.15) is 44.8 Å². The number of phenolic OH excluding ortho intramolecular Hbond substituents is 1. The van der Waals surface area contributed by atoms with E-state index >= 15 is 0 Å². The van der Waals surface area contributed by atoms with Gasteiger partial charge in [0.05, 0.1) is 1.37 Å². The summed E-state index contributed by atoms with van der Waals surface area (Å²) in [5.41, 5.74) is 1.93. The largest absolute Gasteiger partial charge is 0.508 e. The summed E-state index contributed by atoms with van der Waals surface area (Å²) in [6.07, 6.45) is 3.19. The average molecular weight is 243 g/mol. The molecule has 0 saturated carbocycles. The third-order valence-corrected chi connectivity index (χ3v) is 2.87. The van der Waals surface area contributed by atoms with Crippen molar-refractivity contribution in [3.63, 3.8) is 0 Å². The molecule has 1 N–H and O–H groups in total. The van der Waals surface area contributed by atoms with Gasteiger partial charge in [-0.2, -0.15) is 0 Å². The van der Waals surface area contributed by atoms with E-state index in [2.05, 4.69) is 0 Å². The number of hydrogen-bond donors (Lipinski definition) is 1. The maximum Gasteiger partial charge on any atom is 0.159 e. The van der Waals surface area contributed by atoms with Crippen LogP contribution >= 0.6 is 0 Å². The molecule has 0 aliphatic rings. The van der Waals surface area contributed by atoms with E-state index in [1.807, 2.05) is 13.8 Å². The second-order valence-electron chi connectivity index (χ2n) is 4.70. The lowest BCUT2D eigenvalue weighted by atomic mass is 9.82. The van der Waals surface area contributed by atoms with Gasteiger partial charge in [0.25, 0.3) is 0 Å². The summed E-state index contributed by atoms with van der Waals surface area (Å²) >= 11 is 0. The molecule has 0 spiro atoms. The van der Waals surface area contributed by atoms with Gasteiger partial charge in [-0.1, -0.05) is 37.0 Å². The Morgan fingerprint density at radius 2 is 2.22 bits per heavy atom. The highest BCUT2D eigenvalue weighted by Crippen LogP contribution is 2.27. The second kappa shape index (κ2) is 5.90. The van der Waals surface area contributed by atoms with Crippen molar-refractivity contribution in [3.05, 3.63) is 34.9 Å². The average Bonchev–Trinajstić information content (AvgIpc) is 2.33. The first-order valence-electron chi connectivity index (χ1n) is 6.57. The minimum Gasteiger partial charge on any atom is -0.508 e. The number of phenols is 1. The van der Waals surface area contributed by atoms with Gasteiger partial charge in [0, 0.05) is 12.0 Å². The summed E-state index contributed by atoms with van der Waals surface area (Å²) in [6, 6.07) is 0.313. The lowest BCUT2D eigenvalue weighted by Crippen LogP contribution is -2.15. The highest BCUT2D eigenvalue weighted by Gasteiger charge is 2.16. The fourth-order valence-electron chi connectivity index (χ4n) is 1.90. The lowest BCUT2D eigenvalue weighted by Gasteiger charge is -2.17. The van der Waals surface area contributed by atoms with Crippen LogP contribution in [-0.4, -0.2) is 18.7 Å². The fourth-order valence-corrected chi connectivity index (χ4v) is 1.90. The topological polar surface area (TPSA) is 37.3 Å². The molecule has 0 atom stereocenters. The summed E-state index contributed by atoms with van der Waals surface area (Å²) in [6.45, 7) is 7.35. The number of carbonyl (C=O) groups is 1. The van der Waals surface area contributed by atoms with Crippen LogP contribution in [0.25, 0.3) is 0 Å². The van der Waals surface area contributed by atoms with E-state index in [1.165, 1.54) is 6.08 Å². The molecule has 2 nitrogen and oxygen atoms in total. The van der Waals surface area contributed by atoms with Gasteiger partial charge in [0.15, 0.2) is 5.78 Å². The van der Waals surface area contributed by atoms with Gasteiger partial charge in [-0.25, -0.2) is 0 Å². The van der Waals surface area contributed by atoms with E-state index in [1.54, 1.807) is 19.9 Å². The summed E-state index contributed by atoms with van der Waals surface area (Å²) < 4.78 is 8.13. The molecule has 0 fully saturated rings. The Morgan fingerprint density at radius 3 is 2.72 bits per heavy atom. The molecule has 0 unspecified atom stereocenters. The minimum atomic E-state index is -0.109. The zero-order chi connectivity index (χ0) is 14.7. The molecule has 0 aromatic heterocycles. The van der Waals surface area contributed by atoms with Gasteiger partial charge in [-0.15, -0.1) is 0 Å². The van der Waals surface area contributed by atoms with Crippen LogP contribution in [0.2, 0.25) is 0 Å². The third-order valence-electron chi connectivity index (χ3n) is 2.87. The molecule has 0 aliphatic carbocycles. The van der Waals surface area contributed by atoms with Crippen LogP contribution in [0.4, 0.5) is 0 Å². The van der Waals surface area contributed by atoms with E-state index in [9.17, 15) is 9.90 Å². The molecule has 1 rings (SSSR count). The van der Waals surface area contributed by atoms with Gasteiger partial charge < -0.3 is 5.11 Å². The molecule has 0 amide bonds. The van der Waals surface area contributed by atoms with Gasteiger partial charge in [0.2, 0.25) is 0 Å². The number of allylic oxidation sites excluding steroid dienone is 2. The summed E-state index contributed by atoms with van der Waals surface area (Å²) in [5, 5.41) is 10.2. The van der Waals surface area contributed by atoms with Crippen molar-refractivity contribution in [1.29, 1.82) is 0 Å². The first-order chi connectivity index (χ1) is 8.81. The minimum absolute atomic E-state index is 0.0473. The number of rotatable bonds is 4. The predicted molar refractivity (Wildman–Crippen MR) is 75.8 cm³/mol. The highest BCUT2D eigenvalue weighted by atomic mass is 16.3. The van der Waals surface area contributed by atoms with Crippen LogP contribution in [0.3, 0.4) is 0 Å². The van der Waals surface area contributed by atoms with Crippen molar-refractivity contribution in [3.8, 4) is 5.75 Å². The van der Waals surface area contributed by atoms with Gasteiger partial charge >= 0.3 is 0 Å². The molecular weight excluding hydrogens is 223 g/mol. The molecule has 0 aliphatic heterocycles. The first-order valence-corrected chi connectivity index (χ1v) is 6.07. The SMILES string of the molecule is [2H]c1c(C)c([B])c(O)c(CC(=O)/C=C\C)c1C(C)C. The number of benzene rings is 1. The van der Waals surface area contributed by atoms with Crippen LogP contribution in [0.15, 0.2) is 18.2 Å². The van der Waals surface area contributed by atoms with Gasteiger partial charge in [0.1, 0.15) is 13.6 Å². The molecule has 2 radical (unpaired) electrons. The van der Waals surface area contributed by atoms with E-state index in [4.69, 9.17) is 9.22 Å². The van der Waals surface area contributed by atoms with Crippen LogP contribution in [0, 0.1) is 6.92 Å². The Hall–Kier alpha value is -1.51. The molecule has 0 bridgehead atoms. The van der Waals surface area contributed by atoms with Crippen molar-refractivity contribution in [2.45, 2.75) is 40.0 Å².